The number of aromatic nitrogens is 2. The van der Waals surface area contributed by atoms with E-state index in [0.29, 0.717) is 0 Å². The van der Waals surface area contributed by atoms with Gasteiger partial charge in [0, 0.05) is 22.3 Å². The molecule has 2 atom stereocenters. The fourth-order valence-electron chi connectivity index (χ4n) is 3.60. The van der Waals surface area contributed by atoms with Crippen LogP contribution in [0.3, 0.4) is 0 Å². The first-order valence-corrected chi connectivity index (χ1v) is 10.0. The molecule has 2 amide bonds. The zero-order valence-corrected chi connectivity index (χ0v) is 17.0. The zero-order valence-electron chi connectivity index (χ0n) is 17.0. The molecule has 0 fully saturated rings. The predicted octanol–water partition coefficient (Wildman–Crippen LogP) is 3.58. The Balaban J connectivity index is 1.41. The maximum atomic E-state index is 12.7. The van der Waals surface area contributed by atoms with Crippen molar-refractivity contribution >= 4 is 33.6 Å². The smallest absolute Gasteiger partial charge is 0.270 e. The minimum atomic E-state index is -0.670. The molecule has 6 heteroatoms. The highest BCUT2D eigenvalue weighted by molar-refractivity contribution is 6.09. The number of hydrogen-bond acceptors (Lipinski definition) is 3. The average Bonchev–Trinajstić information content (AvgIpc) is 3.12. The van der Waals surface area contributed by atoms with Gasteiger partial charge < -0.3 is 15.6 Å². The van der Waals surface area contributed by atoms with Crippen molar-refractivity contribution in [1.29, 1.82) is 0 Å². The van der Waals surface area contributed by atoms with Gasteiger partial charge in [-0.05, 0) is 38.0 Å². The van der Waals surface area contributed by atoms with Crippen molar-refractivity contribution in [3.8, 4) is 0 Å². The molecular weight excluding hydrogens is 376 g/mol. The molecule has 6 nitrogen and oxygen atoms in total. The monoisotopic (exact) mass is 400 g/mol. The van der Waals surface area contributed by atoms with Crippen molar-refractivity contribution in [1.82, 2.24) is 20.6 Å². The maximum Gasteiger partial charge on any atom is 0.270 e. The summed E-state index contributed by atoms with van der Waals surface area (Å²) in [4.78, 5) is 32.7. The number of pyridine rings is 1. The number of carbonyl (C=O) groups is 2. The summed E-state index contributed by atoms with van der Waals surface area (Å²) < 4.78 is 0. The van der Waals surface area contributed by atoms with Crippen LogP contribution in [0.4, 0.5) is 0 Å². The molecule has 4 aromatic rings. The predicted molar refractivity (Wildman–Crippen MR) is 118 cm³/mol. The molecule has 2 aromatic carbocycles. The molecule has 0 aliphatic heterocycles. The van der Waals surface area contributed by atoms with E-state index < -0.39 is 6.04 Å². The lowest BCUT2D eigenvalue weighted by Gasteiger charge is -2.18. The Morgan fingerprint density at radius 1 is 0.933 bits per heavy atom. The second kappa shape index (κ2) is 8.37. The minimum absolute atomic E-state index is 0.0417. The summed E-state index contributed by atoms with van der Waals surface area (Å²) >= 11 is 0. The summed E-state index contributed by atoms with van der Waals surface area (Å²) in [5.41, 5.74) is 3.29. The van der Waals surface area contributed by atoms with Crippen LogP contribution < -0.4 is 10.6 Å². The van der Waals surface area contributed by atoms with Gasteiger partial charge in [-0.1, -0.05) is 48.5 Å². The number of benzene rings is 2. The average molecular weight is 400 g/mol. The lowest BCUT2D eigenvalue weighted by Crippen LogP contribution is -2.48. The summed E-state index contributed by atoms with van der Waals surface area (Å²) in [6.07, 6.45) is 2.38. The summed E-state index contributed by atoms with van der Waals surface area (Å²) in [6.45, 7) is 3.62. The molecule has 0 bridgehead atoms. The first-order valence-electron chi connectivity index (χ1n) is 10.0. The number of amides is 2. The number of hydrogen-bond donors (Lipinski definition) is 3. The van der Waals surface area contributed by atoms with Gasteiger partial charge in [0.2, 0.25) is 5.91 Å². The SMILES string of the molecule is CC(Cc1ccccc1)NC(=O)C(C)NC(=O)c1cc2c(cn1)[nH]c1ccccc12. The van der Waals surface area contributed by atoms with E-state index in [1.165, 1.54) is 0 Å². The number of nitrogens with one attached hydrogen (secondary N) is 3. The van der Waals surface area contributed by atoms with E-state index in [4.69, 9.17) is 0 Å². The molecule has 2 heterocycles. The van der Waals surface area contributed by atoms with Crippen LogP contribution in [0.5, 0.6) is 0 Å². The lowest BCUT2D eigenvalue weighted by atomic mass is 10.1. The Morgan fingerprint density at radius 3 is 2.47 bits per heavy atom. The van der Waals surface area contributed by atoms with E-state index in [9.17, 15) is 9.59 Å². The second-order valence-corrected chi connectivity index (χ2v) is 7.58. The van der Waals surface area contributed by atoms with Crippen molar-refractivity contribution in [2.75, 3.05) is 0 Å². The van der Waals surface area contributed by atoms with E-state index in [1.807, 2.05) is 61.5 Å². The molecule has 30 heavy (non-hydrogen) atoms. The van der Waals surface area contributed by atoms with Crippen molar-refractivity contribution in [2.24, 2.45) is 0 Å². The Hall–Kier alpha value is -3.67. The normalized spacial score (nSPS) is 13.1. The summed E-state index contributed by atoms with van der Waals surface area (Å²) in [5, 5.41) is 7.66. The Bertz CT molecular complexity index is 1200. The number of H-pyrrole nitrogens is 1. The van der Waals surface area contributed by atoms with Gasteiger partial charge in [-0.2, -0.15) is 0 Å². The van der Waals surface area contributed by atoms with Gasteiger partial charge in [0.25, 0.3) is 5.91 Å². The number of nitrogens with zero attached hydrogens (tertiary/aromatic N) is 1. The molecule has 2 unspecified atom stereocenters. The highest BCUT2D eigenvalue weighted by Crippen LogP contribution is 2.24. The lowest BCUT2D eigenvalue weighted by molar-refractivity contribution is -0.123. The van der Waals surface area contributed by atoms with E-state index >= 15 is 0 Å². The van der Waals surface area contributed by atoms with E-state index in [-0.39, 0.29) is 23.6 Å². The summed E-state index contributed by atoms with van der Waals surface area (Å²) in [7, 11) is 0. The third-order valence-corrected chi connectivity index (χ3v) is 5.14. The van der Waals surface area contributed by atoms with Crippen LogP contribution in [0.1, 0.15) is 29.9 Å². The van der Waals surface area contributed by atoms with Gasteiger partial charge in [0.05, 0.1) is 11.7 Å². The molecular formula is C24H24N4O2. The standard InChI is InChI=1S/C24H24N4O2/c1-15(12-17-8-4-3-5-9-17)26-23(29)16(2)27-24(30)21-13-19-18-10-6-7-11-20(18)28-22(19)14-25-21/h3-11,13-16,28H,12H2,1-2H3,(H,26,29)(H,27,30). The van der Waals surface area contributed by atoms with Crippen LogP contribution in [0, 0.1) is 0 Å². The van der Waals surface area contributed by atoms with Crippen LogP contribution in [-0.4, -0.2) is 33.9 Å². The number of carbonyl (C=O) groups excluding carboxylic acids is 2. The third kappa shape index (κ3) is 4.17. The molecule has 0 aliphatic rings. The fraction of sp³-hybridized carbons (Fsp3) is 0.208. The summed E-state index contributed by atoms with van der Waals surface area (Å²) in [6, 6.07) is 18.9. The number of para-hydroxylation sites is 1. The molecule has 0 radical (unpaired) electrons. The number of rotatable bonds is 6. The van der Waals surface area contributed by atoms with Gasteiger partial charge in [-0.25, -0.2) is 4.98 Å². The Morgan fingerprint density at radius 2 is 1.67 bits per heavy atom. The molecule has 0 aliphatic carbocycles. The highest BCUT2D eigenvalue weighted by atomic mass is 16.2. The third-order valence-electron chi connectivity index (χ3n) is 5.14. The van der Waals surface area contributed by atoms with Crippen molar-refractivity contribution in [2.45, 2.75) is 32.4 Å². The fourth-order valence-corrected chi connectivity index (χ4v) is 3.60. The van der Waals surface area contributed by atoms with Crippen LogP contribution >= 0.6 is 0 Å². The van der Waals surface area contributed by atoms with Gasteiger partial charge >= 0.3 is 0 Å². The zero-order chi connectivity index (χ0) is 21.1. The summed E-state index contributed by atoms with van der Waals surface area (Å²) in [5.74, 6) is -0.597. The molecule has 0 saturated carbocycles. The minimum Gasteiger partial charge on any atom is -0.353 e. The maximum absolute atomic E-state index is 12.7. The van der Waals surface area contributed by atoms with E-state index in [2.05, 4.69) is 20.6 Å². The molecule has 3 N–H and O–H groups in total. The van der Waals surface area contributed by atoms with Crippen LogP contribution in [0.25, 0.3) is 21.8 Å². The Labute approximate surface area is 174 Å². The second-order valence-electron chi connectivity index (χ2n) is 7.58. The molecule has 0 spiro atoms. The molecule has 0 saturated heterocycles. The van der Waals surface area contributed by atoms with Gasteiger partial charge in [-0.15, -0.1) is 0 Å². The first kappa shape index (κ1) is 19.6. The van der Waals surface area contributed by atoms with Gasteiger partial charge in [0.15, 0.2) is 0 Å². The number of aromatic amines is 1. The largest absolute Gasteiger partial charge is 0.353 e. The van der Waals surface area contributed by atoms with Crippen molar-refractivity contribution in [3.05, 3.63) is 78.1 Å². The quantitative estimate of drug-likeness (QED) is 0.462. The van der Waals surface area contributed by atoms with Crippen molar-refractivity contribution in [3.63, 3.8) is 0 Å². The van der Waals surface area contributed by atoms with Crippen molar-refractivity contribution < 1.29 is 9.59 Å². The topological polar surface area (TPSA) is 86.9 Å². The van der Waals surface area contributed by atoms with Gasteiger partial charge in [0.1, 0.15) is 11.7 Å². The van der Waals surface area contributed by atoms with Crippen LogP contribution in [0.2, 0.25) is 0 Å². The van der Waals surface area contributed by atoms with E-state index in [1.54, 1.807) is 19.2 Å². The first-order chi connectivity index (χ1) is 14.5. The van der Waals surface area contributed by atoms with Crippen LogP contribution in [0.15, 0.2) is 66.9 Å². The molecule has 2 aromatic heterocycles. The highest BCUT2D eigenvalue weighted by Gasteiger charge is 2.19. The Kier molecular flexibility index (Phi) is 5.48. The number of fused-ring (bicyclic) bond motifs is 3. The van der Waals surface area contributed by atoms with Gasteiger partial charge in [-0.3, -0.25) is 9.59 Å². The van der Waals surface area contributed by atoms with Crippen LogP contribution in [-0.2, 0) is 11.2 Å². The van der Waals surface area contributed by atoms with E-state index in [0.717, 1.165) is 33.8 Å². The molecule has 152 valence electrons. The molecule has 4 rings (SSSR count).